The minimum absolute atomic E-state index is 3.00. The monoisotopic (exact) mass is 61.1 g/mol. The molecule has 26 valence electrons. The average molecular weight is 61.1 g/mol. The highest BCUT2D eigenvalue weighted by Gasteiger charge is 0.732. The Balaban J connectivity index is 0. The summed E-state index contributed by atoms with van der Waals surface area (Å²) in [5, 5.41) is 6.50. The zero-order valence-electron chi connectivity index (χ0n) is 2.44. The van der Waals surface area contributed by atoms with Gasteiger partial charge in [0.05, 0.1) is 0 Å². The maximum atomic E-state index is 6.50. The summed E-state index contributed by atoms with van der Waals surface area (Å²) in [5.74, 6) is 3.50. The molecule has 3 N–H and O–H groups in total. The van der Waals surface area contributed by atoms with Gasteiger partial charge in [-0.15, -0.1) is 13.2 Å². The van der Waals surface area contributed by atoms with E-state index in [0.29, 0.717) is 0 Å². The van der Waals surface area contributed by atoms with Crippen molar-refractivity contribution < 1.29 is 5.21 Å². The lowest BCUT2D eigenvalue weighted by atomic mass is 11.3. The van der Waals surface area contributed by atoms with Crippen LogP contribution in [0.1, 0.15) is 0 Å². The lowest BCUT2D eigenvalue weighted by molar-refractivity contribution is 0.311. The van der Waals surface area contributed by atoms with Crippen molar-refractivity contribution in [3.8, 4) is 0 Å². The van der Waals surface area contributed by atoms with E-state index in [-0.39, 0.29) is 0 Å². The van der Waals surface area contributed by atoms with Crippen molar-refractivity contribution in [3.63, 3.8) is 0 Å². The van der Waals surface area contributed by atoms with E-state index in [1.54, 1.807) is 0 Å². The average Bonchev–Trinajstić information content (AvgIpc) is 1.50. The Morgan fingerprint density at radius 1 is 1.25 bits per heavy atom. The predicted octanol–water partition coefficient (Wildman–Crippen LogP) is 0.137. The molecular formula is C2H7NO. The van der Waals surface area contributed by atoms with Crippen LogP contribution in [0.2, 0.25) is 0 Å². The van der Waals surface area contributed by atoms with Crippen LogP contribution >= 0.6 is 0 Å². The minimum Gasteiger partial charge on any atom is -0.320 e. The van der Waals surface area contributed by atoms with Gasteiger partial charge < -0.3 is 5.21 Å². The molecule has 0 rings (SSSR count). The fraction of sp³-hybridized carbons (Fsp3) is 0. The SMILES string of the molecule is C=C.NO. The van der Waals surface area contributed by atoms with Crippen LogP contribution in [0, 0.1) is 0 Å². The lowest BCUT2D eigenvalue weighted by Gasteiger charge is -1.27. The first-order valence-corrected chi connectivity index (χ1v) is 0.758. The van der Waals surface area contributed by atoms with Gasteiger partial charge in [0.25, 0.3) is 0 Å². The highest BCUT2D eigenvalue weighted by atomic mass is 16.4. The molecule has 0 heterocycles. The summed E-state index contributed by atoms with van der Waals surface area (Å²) in [4.78, 5) is 0. The van der Waals surface area contributed by atoms with E-state index in [9.17, 15) is 0 Å². The Labute approximate surface area is 25.5 Å². The molecule has 0 bridgehead atoms. The van der Waals surface area contributed by atoms with Crippen LogP contribution in [0.5, 0.6) is 0 Å². The van der Waals surface area contributed by atoms with Gasteiger partial charge >= 0.3 is 0 Å². The third-order valence-corrected chi connectivity index (χ3v) is 0. The summed E-state index contributed by atoms with van der Waals surface area (Å²) in [7, 11) is 0. The van der Waals surface area contributed by atoms with Crippen molar-refractivity contribution in [2.45, 2.75) is 0 Å². The molecule has 0 aromatic rings. The Morgan fingerprint density at radius 2 is 1.25 bits per heavy atom. The molecule has 0 saturated heterocycles. The molecule has 0 spiro atoms. The third-order valence-electron chi connectivity index (χ3n) is 0. The second kappa shape index (κ2) is 63.4. The van der Waals surface area contributed by atoms with Crippen molar-refractivity contribution >= 4 is 0 Å². The molecule has 0 fully saturated rings. The molecule has 2 nitrogen and oxygen atoms in total. The second-order valence-electron chi connectivity index (χ2n) is 0. The van der Waals surface area contributed by atoms with Gasteiger partial charge in [0.1, 0.15) is 0 Å². The van der Waals surface area contributed by atoms with Crippen LogP contribution in [-0.2, 0) is 0 Å². The third kappa shape index (κ3) is 6.26. The smallest absolute Gasteiger partial charge is 0.106 e. The van der Waals surface area contributed by atoms with Crippen molar-refractivity contribution in [1.29, 1.82) is 0 Å². The molecule has 0 aromatic heterocycles. The van der Waals surface area contributed by atoms with Gasteiger partial charge in [0.2, 0.25) is 0 Å². The Hall–Kier alpha value is -0.340. The van der Waals surface area contributed by atoms with Crippen LogP contribution in [0.15, 0.2) is 13.2 Å². The van der Waals surface area contributed by atoms with Crippen molar-refractivity contribution in [2.75, 3.05) is 0 Å². The van der Waals surface area contributed by atoms with Gasteiger partial charge in [0.15, 0.2) is 0 Å². The van der Waals surface area contributed by atoms with Gasteiger partial charge in [-0.1, -0.05) is 0 Å². The molecule has 2 heteroatoms. The number of nitrogens with two attached hydrogens (primary N) is 1. The van der Waals surface area contributed by atoms with E-state index in [1.165, 1.54) is 0 Å². The van der Waals surface area contributed by atoms with Crippen LogP contribution in [0.25, 0.3) is 0 Å². The zero-order valence-corrected chi connectivity index (χ0v) is 2.44. The molecule has 0 aliphatic heterocycles. The van der Waals surface area contributed by atoms with Gasteiger partial charge in [-0.3, -0.25) is 0 Å². The maximum absolute atomic E-state index is 6.50. The van der Waals surface area contributed by atoms with Gasteiger partial charge in [-0.2, -0.15) is 0 Å². The summed E-state index contributed by atoms with van der Waals surface area (Å²) < 4.78 is 0. The summed E-state index contributed by atoms with van der Waals surface area (Å²) in [6.07, 6.45) is 0. The van der Waals surface area contributed by atoms with Gasteiger partial charge in [0, 0.05) is 0 Å². The van der Waals surface area contributed by atoms with Crippen molar-refractivity contribution in [3.05, 3.63) is 13.2 Å². The Morgan fingerprint density at radius 3 is 1.25 bits per heavy atom. The van der Waals surface area contributed by atoms with Crippen molar-refractivity contribution in [1.82, 2.24) is 0 Å². The first-order chi connectivity index (χ1) is 2.00. The molecule has 0 radical (unpaired) electrons. The Kier molecular flexibility index (Phi) is 149. The number of hydrogen-bond donors (Lipinski definition) is 2. The van der Waals surface area contributed by atoms with E-state index >= 15 is 0 Å². The van der Waals surface area contributed by atoms with E-state index in [0.717, 1.165) is 0 Å². The summed E-state index contributed by atoms with van der Waals surface area (Å²) in [6, 6.07) is 0. The fourth-order valence-electron chi connectivity index (χ4n) is 0. The highest BCUT2D eigenvalue weighted by molar-refractivity contribution is 4.22. The molecule has 0 aromatic carbocycles. The molecule has 0 aliphatic carbocycles. The quantitative estimate of drug-likeness (QED) is 0.309. The summed E-state index contributed by atoms with van der Waals surface area (Å²) in [6.45, 7) is 6.00. The normalized spacial score (nSPS) is 2.50. The molecule has 4 heavy (non-hydrogen) atoms. The fourth-order valence-corrected chi connectivity index (χ4v) is 0. The zero-order chi connectivity index (χ0) is 4.00. The number of rotatable bonds is 0. The lowest BCUT2D eigenvalue weighted by Crippen LogP contribution is -1.72. The first kappa shape index (κ1) is 9.40. The molecule has 0 saturated carbocycles. The van der Waals surface area contributed by atoms with Crippen LogP contribution in [-0.4, -0.2) is 5.21 Å². The predicted molar refractivity (Wildman–Crippen MR) is 17.2 cm³/mol. The molecular weight excluding hydrogens is 54.0 g/mol. The summed E-state index contributed by atoms with van der Waals surface area (Å²) >= 11 is 0. The highest BCUT2D eigenvalue weighted by Crippen LogP contribution is 0.862. The van der Waals surface area contributed by atoms with E-state index in [2.05, 4.69) is 19.1 Å². The van der Waals surface area contributed by atoms with Crippen LogP contribution in [0.4, 0.5) is 0 Å². The molecule has 0 amide bonds. The van der Waals surface area contributed by atoms with Gasteiger partial charge in [-0.25, -0.2) is 5.90 Å². The maximum Gasteiger partial charge on any atom is -0.106 e. The van der Waals surface area contributed by atoms with Gasteiger partial charge in [-0.05, 0) is 0 Å². The largest absolute Gasteiger partial charge is 0.320 e. The summed E-state index contributed by atoms with van der Waals surface area (Å²) in [5.41, 5.74) is 0. The second-order valence-corrected chi connectivity index (χ2v) is 0. The van der Waals surface area contributed by atoms with Crippen LogP contribution < -0.4 is 5.90 Å². The van der Waals surface area contributed by atoms with Crippen molar-refractivity contribution in [2.24, 2.45) is 5.90 Å². The molecule has 0 unspecified atom stereocenters. The molecule has 0 aliphatic rings. The minimum atomic E-state index is 3.00. The standard InChI is InChI=1S/C2H4.H3NO/c2*1-2/h1-2H2;2H,1H2. The molecule has 0 atom stereocenters. The van der Waals surface area contributed by atoms with E-state index in [1.807, 2.05) is 0 Å². The Bertz CT molecular complexity index is 6.00. The topological polar surface area (TPSA) is 46.2 Å². The van der Waals surface area contributed by atoms with E-state index < -0.39 is 0 Å². The first-order valence-electron chi connectivity index (χ1n) is 0.758. The van der Waals surface area contributed by atoms with E-state index in [4.69, 9.17) is 5.21 Å². The van der Waals surface area contributed by atoms with Crippen LogP contribution in [0.3, 0.4) is 0 Å². The number of hydrogen-bond acceptors (Lipinski definition) is 2.